The molecule has 2 atom stereocenters. The molecule has 0 aliphatic carbocycles. The van der Waals surface area contributed by atoms with E-state index in [0.29, 0.717) is 5.76 Å². The Morgan fingerprint density at radius 3 is 2.25 bits per heavy atom. The normalized spacial score (nSPS) is 14.5. The Balaban J connectivity index is 2.88. The van der Waals surface area contributed by atoms with Crippen LogP contribution in [0.15, 0.2) is 22.8 Å². The molecule has 90 valence electrons. The minimum absolute atomic E-state index is 0.00583. The van der Waals surface area contributed by atoms with Crippen molar-refractivity contribution in [1.82, 2.24) is 4.90 Å². The second-order valence-electron chi connectivity index (χ2n) is 4.20. The smallest absolute Gasteiger partial charge is 0.290 e. The van der Waals surface area contributed by atoms with Crippen LogP contribution in [0.5, 0.6) is 0 Å². The first kappa shape index (κ1) is 12.8. The summed E-state index contributed by atoms with van der Waals surface area (Å²) < 4.78 is 5.17. The van der Waals surface area contributed by atoms with Gasteiger partial charge in [0, 0.05) is 12.1 Å². The SMILES string of the molecule is CCC(C)N(C(=O)c1ccco1)C(C)CC. The lowest BCUT2D eigenvalue weighted by Gasteiger charge is -2.33. The van der Waals surface area contributed by atoms with Gasteiger partial charge >= 0.3 is 0 Å². The van der Waals surface area contributed by atoms with Crippen LogP contribution in [0.3, 0.4) is 0 Å². The molecule has 3 nitrogen and oxygen atoms in total. The van der Waals surface area contributed by atoms with Crippen LogP contribution in [0.1, 0.15) is 51.1 Å². The minimum atomic E-state index is -0.00583. The van der Waals surface area contributed by atoms with Crippen LogP contribution >= 0.6 is 0 Å². The summed E-state index contributed by atoms with van der Waals surface area (Å²) in [6.07, 6.45) is 3.45. The van der Waals surface area contributed by atoms with E-state index >= 15 is 0 Å². The van der Waals surface area contributed by atoms with E-state index in [-0.39, 0.29) is 18.0 Å². The number of amides is 1. The zero-order chi connectivity index (χ0) is 12.1. The average molecular weight is 223 g/mol. The van der Waals surface area contributed by atoms with Gasteiger partial charge in [0.15, 0.2) is 5.76 Å². The molecule has 0 N–H and O–H groups in total. The molecule has 0 bridgehead atoms. The van der Waals surface area contributed by atoms with E-state index in [2.05, 4.69) is 27.7 Å². The standard InChI is InChI=1S/C13H21NO2/c1-5-10(3)14(11(4)6-2)13(15)12-8-7-9-16-12/h7-11H,5-6H2,1-4H3. The summed E-state index contributed by atoms with van der Waals surface area (Å²) in [5, 5.41) is 0. The third kappa shape index (κ3) is 2.65. The Hall–Kier alpha value is -1.25. The first-order chi connectivity index (χ1) is 7.61. The van der Waals surface area contributed by atoms with E-state index in [1.54, 1.807) is 18.4 Å². The molecule has 0 radical (unpaired) electrons. The molecular weight excluding hydrogens is 202 g/mol. The minimum Gasteiger partial charge on any atom is -0.459 e. The summed E-state index contributed by atoms with van der Waals surface area (Å²) in [6.45, 7) is 8.34. The van der Waals surface area contributed by atoms with Crippen LogP contribution in [0.25, 0.3) is 0 Å². The molecular formula is C13H21NO2. The highest BCUT2D eigenvalue weighted by molar-refractivity contribution is 5.91. The number of carbonyl (C=O) groups is 1. The average Bonchev–Trinajstić information content (AvgIpc) is 2.81. The van der Waals surface area contributed by atoms with Gasteiger partial charge in [0.1, 0.15) is 0 Å². The topological polar surface area (TPSA) is 33.5 Å². The van der Waals surface area contributed by atoms with E-state index in [0.717, 1.165) is 12.8 Å². The summed E-state index contributed by atoms with van der Waals surface area (Å²) in [7, 11) is 0. The number of rotatable bonds is 5. The molecule has 0 aliphatic heterocycles. The quantitative estimate of drug-likeness (QED) is 0.767. The molecule has 16 heavy (non-hydrogen) atoms. The molecule has 2 unspecified atom stereocenters. The summed E-state index contributed by atoms with van der Waals surface area (Å²) in [5.74, 6) is 0.425. The largest absolute Gasteiger partial charge is 0.459 e. The van der Waals surface area contributed by atoms with Gasteiger partial charge < -0.3 is 9.32 Å². The van der Waals surface area contributed by atoms with Crippen molar-refractivity contribution in [1.29, 1.82) is 0 Å². The number of hydrogen-bond acceptors (Lipinski definition) is 2. The molecule has 1 aromatic rings. The summed E-state index contributed by atoms with van der Waals surface area (Å²) in [6, 6.07) is 3.96. The van der Waals surface area contributed by atoms with Gasteiger partial charge in [0.2, 0.25) is 0 Å². The summed E-state index contributed by atoms with van der Waals surface area (Å²) in [4.78, 5) is 14.2. The number of nitrogens with zero attached hydrogens (tertiary/aromatic N) is 1. The van der Waals surface area contributed by atoms with Crippen LogP contribution in [0.4, 0.5) is 0 Å². The fourth-order valence-electron chi connectivity index (χ4n) is 1.76. The van der Waals surface area contributed by atoms with Crippen molar-refractivity contribution in [2.24, 2.45) is 0 Å². The lowest BCUT2D eigenvalue weighted by Crippen LogP contribution is -2.44. The van der Waals surface area contributed by atoms with Crippen LogP contribution in [0.2, 0.25) is 0 Å². The Labute approximate surface area is 97.4 Å². The molecule has 0 aliphatic rings. The molecule has 0 aromatic carbocycles. The van der Waals surface area contributed by atoms with Gasteiger partial charge in [-0.15, -0.1) is 0 Å². The lowest BCUT2D eigenvalue weighted by molar-refractivity contribution is 0.0565. The van der Waals surface area contributed by atoms with Crippen molar-refractivity contribution >= 4 is 5.91 Å². The van der Waals surface area contributed by atoms with E-state index < -0.39 is 0 Å². The molecule has 0 spiro atoms. The van der Waals surface area contributed by atoms with E-state index in [1.165, 1.54) is 0 Å². The van der Waals surface area contributed by atoms with Crippen molar-refractivity contribution in [2.75, 3.05) is 0 Å². The third-order valence-electron chi connectivity index (χ3n) is 3.10. The van der Waals surface area contributed by atoms with Crippen LogP contribution < -0.4 is 0 Å². The van der Waals surface area contributed by atoms with Crippen molar-refractivity contribution in [3.8, 4) is 0 Å². The Morgan fingerprint density at radius 1 is 1.31 bits per heavy atom. The van der Waals surface area contributed by atoms with Gasteiger partial charge in [-0.1, -0.05) is 13.8 Å². The fraction of sp³-hybridized carbons (Fsp3) is 0.615. The Morgan fingerprint density at radius 2 is 1.88 bits per heavy atom. The van der Waals surface area contributed by atoms with Gasteiger partial charge in [-0.05, 0) is 38.8 Å². The van der Waals surface area contributed by atoms with Crippen LogP contribution in [-0.2, 0) is 0 Å². The van der Waals surface area contributed by atoms with Gasteiger partial charge in [-0.3, -0.25) is 4.79 Å². The molecule has 1 heterocycles. The van der Waals surface area contributed by atoms with Crippen LogP contribution in [-0.4, -0.2) is 22.9 Å². The van der Waals surface area contributed by atoms with Crippen molar-refractivity contribution in [3.63, 3.8) is 0 Å². The molecule has 0 saturated carbocycles. The first-order valence-corrected chi connectivity index (χ1v) is 5.97. The fourth-order valence-corrected chi connectivity index (χ4v) is 1.76. The number of furan rings is 1. The van der Waals surface area contributed by atoms with Gasteiger partial charge in [0.25, 0.3) is 5.91 Å². The molecule has 1 amide bonds. The van der Waals surface area contributed by atoms with Crippen molar-refractivity contribution in [2.45, 2.75) is 52.6 Å². The predicted octanol–water partition coefficient (Wildman–Crippen LogP) is 3.32. The van der Waals surface area contributed by atoms with E-state index in [1.807, 2.05) is 4.90 Å². The highest BCUT2D eigenvalue weighted by Gasteiger charge is 2.26. The van der Waals surface area contributed by atoms with Gasteiger partial charge in [0.05, 0.1) is 6.26 Å². The molecule has 0 saturated heterocycles. The number of carbonyl (C=O) groups excluding carboxylic acids is 1. The second-order valence-corrected chi connectivity index (χ2v) is 4.20. The molecule has 1 aromatic heterocycles. The monoisotopic (exact) mass is 223 g/mol. The Kier molecular flexibility index (Phi) is 4.59. The molecule has 3 heteroatoms. The third-order valence-corrected chi connectivity index (χ3v) is 3.10. The predicted molar refractivity (Wildman–Crippen MR) is 64.4 cm³/mol. The van der Waals surface area contributed by atoms with E-state index in [9.17, 15) is 4.79 Å². The van der Waals surface area contributed by atoms with Gasteiger partial charge in [-0.2, -0.15) is 0 Å². The lowest BCUT2D eigenvalue weighted by atomic mass is 10.1. The first-order valence-electron chi connectivity index (χ1n) is 5.97. The second kappa shape index (κ2) is 5.73. The van der Waals surface area contributed by atoms with Crippen LogP contribution in [0, 0.1) is 0 Å². The maximum Gasteiger partial charge on any atom is 0.290 e. The van der Waals surface area contributed by atoms with Crippen molar-refractivity contribution in [3.05, 3.63) is 24.2 Å². The number of hydrogen-bond donors (Lipinski definition) is 0. The highest BCUT2D eigenvalue weighted by atomic mass is 16.3. The summed E-state index contributed by atoms with van der Waals surface area (Å²) in [5.41, 5.74) is 0. The van der Waals surface area contributed by atoms with Gasteiger partial charge in [-0.25, -0.2) is 0 Å². The molecule has 1 rings (SSSR count). The molecule has 0 fully saturated rings. The maximum atomic E-state index is 12.2. The zero-order valence-corrected chi connectivity index (χ0v) is 10.6. The maximum absolute atomic E-state index is 12.2. The van der Waals surface area contributed by atoms with E-state index in [4.69, 9.17) is 4.42 Å². The Bertz CT molecular complexity index is 309. The zero-order valence-electron chi connectivity index (χ0n) is 10.6. The summed E-state index contributed by atoms with van der Waals surface area (Å²) >= 11 is 0. The van der Waals surface area contributed by atoms with Crippen molar-refractivity contribution < 1.29 is 9.21 Å². The highest BCUT2D eigenvalue weighted by Crippen LogP contribution is 2.16.